The van der Waals surface area contributed by atoms with E-state index in [4.69, 9.17) is 22.1 Å². The maximum Gasteiger partial charge on any atom is 0.187 e. The Labute approximate surface area is 116 Å². The van der Waals surface area contributed by atoms with E-state index in [1.807, 2.05) is 0 Å². The number of benzene rings is 1. The molecule has 2 N–H and O–H groups in total. The molecule has 0 aliphatic carbocycles. The molecule has 0 spiro atoms. The molecule has 1 heterocycles. The fraction of sp³-hybridized carbons (Fsp3) is 0.417. The zero-order valence-corrected chi connectivity index (χ0v) is 11.7. The molecular weight excluding hydrogens is 290 g/mol. The summed E-state index contributed by atoms with van der Waals surface area (Å²) in [4.78, 5) is 11.7. The van der Waals surface area contributed by atoms with E-state index in [1.54, 1.807) is 0 Å². The number of ether oxygens (including phenoxy) is 1. The molecule has 1 fully saturated rings. The fourth-order valence-corrected chi connectivity index (χ4v) is 3.75. The molecule has 2 rings (SSSR count). The van der Waals surface area contributed by atoms with Gasteiger partial charge in [0, 0.05) is 12.0 Å². The van der Waals surface area contributed by atoms with Crippen molar-refractivity contribution in [1.82, 2.24) is 0 Å². The molecule has 5 nitrogen and oxygen atoms in total. The van der Waals surface area contributed by atoms with Gasteiger partial charge in [0.2, 0.25) is 0 Å². The van der Waals surface area contributed by atoms with E-state index in [1.165, 1.54) is 18.2 Å². The van der Waals surface area contributed by atoms with Gasteiger partial charge >= 0.3 is 0 Å². The molecule has 1 aromatic carbocycles. The predicted octanol–water partition coefficient (Wildman–Crippen LogP) is 1.04. The number of ketones is 1. The van der Waals surface area contributed by atoms with Gasteiger partial charge in [-0.1, -0.05) is 17.7 Å². The summed E-state index contributed by atoms with van der Waals surface area (Å²) in [5, 5.41) is -0.481. The van der Waals surface area contributed by atoms with Gasteiger partial charge in [-0.25, -0.2) is 8.42 Å². The van der Waals surface area contributed by atoms with Gasteiger partial charge in [-0.15, -0.1) is 0 Å². The van der Waals surface area contributed by atoms with Gasteiger partial charge in [-0.3, -0.25) is 4.79 Å². The average molecular weight is 304 g/mol. The lowest BCUT2D eigenvalue weighted by atomic mass is 10.1. The Morgan fingerprint density at radius 3 is 2.58 bits per heavy atom. The van der Waals surface area contributed by atoms with Crippen molar-refractivity contribution < 1.29 is 17.9 Å². The molecule has 0 bridgehead atoms. The SMILES string of the molecule is NCCC(=O)c1ccc(S(=O)(=O)C2COC2)c(Cl)c1. The van der Waals surface area contributed by atoms with Crippen LogP contribution in [0.15, 0.2) is 23.1 Å². The minimum atomic E-state index is -3.48. The van der Waals surface area contributed by atoms with Crippen LogP contribution < -0.4 is 5.73 Å². The number of carbonyl (C=O) groups is 1. The van der Waals surface area contributed by atoms with Crippen LogP contribution in [-0.4, -0.2) is 39.2 Å². The number of hydrogen-bond donors (Lipinski definition) is 1. The van der Waals surface area contributed by atoms with E-state index < -0.39 is 15.1 Å². The van der Waals surface area contributed by atoms with E-state index in [-0.39, 0.29) is 41.9 Å². The fourth-order valence-electron chi connectivity index (χ4n) is 1.75. The number of sulfone groups is 1. The number of Topliss-reactive ketones (excluding diaryl/α,β-unsaturated/α-hetero) is 1. The predicted molar refractivity (Wildman–Crippen MR) is 71.2 cm³/mol. The number of rotatable bonds is 5. The molecule has 0 unspecified atom stereocenters. The summed E-state index contributed by atoms with van der Waals surface area (Å²) in [7, 11) is -3.48. The van der Waals surface area contributed by atoms with Crippen LogP contribution >= 0.6 is 11.6 Å². The number of nitrogens with two attached hydrogens (primary N) is 1. The molecule has 104 valence electrons. The van der Waals surface area contributed by atoms with Crippen LogP contribution in [0.4, 0.5) is 0 Å². The monoisotopic (exact) mass is 303 g/mol. The molecule has 1 aliphatic rings. The van der Waals surface area contributed by atoms with E-state index in [2.05, 4.69) is 0 Å². The van der Waals surface area contributed by atoms with Crippen LogP contribution in [0.1, 0.15) is 16.8 Å². The Kier molecular flexibility index (Phi) is 4.25. The zero-order chi connectivity index (χ0) is 14.0. The maximum absolute atomic E-state index is 12.2. The van der Waals surface area contributed by atoms with Crippen molar-refractivity contribution in [2.75, 3.05) is 19.8 Å². The highest BCUT2D eigenvalue weighted by atomic mass is 35.5. The molecule has 0 saturated carbocycles. The lowest BCUT2D eigenvalue weighted by Gasteiger charge is -2.26. The summed E-state index contributed by atoms with van der Waals surface area (Å²) in [6.07, 6.45) is 0.207. The Morgan fingerprint density at radius 2 is 2.11 bits per heavy atom. The van der Waals surface area contributed by atoms with Crippen molar-refractivity contribution in [3.05, 3.63) is 28.8 Å². The van der Waals surface area contributed by atoms with Crippen molar-refractivity contribution in [3.63, 3.8) is 0 Å². The smallest absolute Gasteiger partial charge is 0.187 e. The topological polar surface area (TPSA) is 86.5 Å². The van der Waals surface area contributed by atoms with E-state index in [0.717, 1.165) is 0 Å². The van der Waals surface area contributed by atoms with Crippen molar-refractivity contribution in [1.29, 1.82) is 0 Å². The molecule has 1 aromatic rings. The van der Waals surface area contributed by atoms with Gasteiger partial charge in [0.05, 0.1) is 23.1 Å². The largest absolute Gasteiger partial charge is 0.379 e. The summed E-state index contributed by atoms with van der Waals surface area (Å²) in [5.41, 5.74) is 5.68. The lowest BCUT2D eigenvalue weighted by Crippen LogP contribution is -2.40. The molecule has 0 amide bonds. The van der Waals surface area contributed by atoms with Gasteiger partial charge in [0.15, 0.2) is 15.6 Å². The van der Waals surface area contributed by atoms with Crippen LogP contribution in [0.3, 0.4) is 0 Å². The first-order valence-corrected chi connectivity index (χ1v) is 7.73. The molecule has 1 aliphatic heterocycles. The average Bonchev–Trinajstić information content (AvgIpc) is 2.25. The second kappa shape index (κ2) is 5.58. The number of halogens is 1. The molecular formula is C12H14ClNO4S. The zero-order valence-electron chi connectivity index (χ0n) is 10.1. The van der Waals surface area contributed by atoms with Crippen LogP contribution in [0.25, 0.3) is 0 Å². The van der Waals surface area contributed by atoms with Gasteiger partial charge in [0.1, 0.15) is 5.25 Å². The summed E-state index contributed by atoms with van der Waals surface area (Å²) in [5.74, 6) is -0.152. The van der Waals surface area contributed by atoms with Crippen molar-refractivity contribution in [3.8, 4) is 0 Å². The summed E-state index contributed by atoms with van der Waals surface area (Å²) < 4.78 is 29.2. The number of carbonyl (C=O) groups excluding carboxylic acids is 1. The minimum Gasteiger partial charge on any atom is -0.379 e. The summed E-state index contributed by atoms with van der Waals surface area (Å²) in [6.45, 7) is 0.620. The van der Waals surface area contributed by atoms with Crippen molar-refractivity contribution in [2.24, 2.45) is 5.73 Å². The van der Waals surface area contributed by atoms with Crippen molar-refractivity contribution >= 4 is 27.2 Å². The Hall–Kier alpha value is -0.950. The van der Waals surface area contributed by atoms with E-state index in [9.17, 15) is 13.2 Å². The van der Waals surface area contributed by atoms with Crippen LogP contribution in [0.5, 0.6) is 0 Å². The van der Waals surface area contributed by atoms with Gasteiger partial charge in [0.25, 0.3) is 0 Å². The molecule has 7 heteroatoms. The maximum atomic E-state index is 12.2. The lowest BCUT2D eigenvalue weighted by molar-refractivity contribution is 0.0416. The third-order valence-electron chi connectivity index (χ3n) is 2.98. The second-order valence-corrected chi connectivity index (χ2v) is 6.92. The second-order valence-electron chi connectivity index (χ2n) is 4.31. The quantitative estimate of drug-likeness (QED) is 0.821. The minimum absolute atomic E-state index is 0.0479. The first kappa shape index (κ1) is 14.5. The highest BCUT2D eigenvalue weighted by Gasteiger charge is 2.35. The molecule has 0 aromatic heterocycles. The molecule has 0 radical (unpaired) electrons. The van der Waals surface area contributed by atoms with Crippen LogP contribution in [-0.2, 0) is 14.6 Å². The standard InChI is InChI=1S/C12H14ClNO4S/c13-10-5-8(11(15)3-4-14)1-2-12(10)19(16,17)9-6-18-7-9/h1-2,5,9H,3-4,6-7,14H2. The third-order valence-corrected chi connectivity index (χ3v) is 5.52. The Bertz CT molecular complexity index is 596. The highest BCUT2D eigenvalue weighted by molar-refractivity contribution is 7.92. The summed E-state index contributed by atoms with van der Waals surface area (Å²) in [6, 6.07) is 4.22. The van der Waals surface area contributed by atoms with E-state index in [0.29, 0.717) is 5.56 Å². The number of hydrogen-bond acceptors (Lipinski definition) is 5. The van der Waals surface area contributed by atoms with Gasteiger partial charge in [-0.2, -0.15) is 0 Å². The first-order chi connectivity index (χ1) is 8.96. The molecule has 19 heavy (non-hydrogen) atoms. The highest BCUT2D eigenvalue weighted by Crippen LogP contribution is 2.28. The van der Waals surface area contributed by atoms with Crippen LogP contribution in [0.2, 0.25) is 5.02 Å². The van der Waals surface area contributed by atoms with E-state index >= 15 is 0 Å². The Morgan fingerprint density at radius 1 is 1.42 bits per heavy atom. The van der Waals surface area contributed by atoms with Gasteiger partial charge in [-0.05, 0) is 18.7 Å². The third kappa shape index (κ3) is 2.81. The van der Waals surface area contributed by atoms with Crippen LogP contribution in [0, 0.1) is 0 Å². The summed E-state index contributed by atoms with van der Waals surface area (Å²) >= 11 is 5.98. The molecule has 1 saturated heterocycles. The normalized spacial score (nSPS) is 16.1. The Balaban J connectivity index is 2.31. The molecule has 0 atom stereocenters. The first-order valence-electron chi connectivity index (χ1n) is 5.81. The van der Waals surface area contributed by atoms with Gasteiger partial charge < -0.3 is 10.5 Å². The van der Waals surface area contributed by atoms with Crippen molar-refractivity contribution in [2.45, 2.75) is 16.6 Å².